The highest BCUT2D eigenvalue weighted by molar-refractivity contribution is 6.30. The van der Waals surface area contributed by atoms with Gasteiger partial charge < -0.3 is 9.30 Å². The highest BCUT2D eigenvalue weighted by atomic mass is 35.5. The fourth-order valence-corrected chi connectivity index (χ4v) is 3.31. The summed E-state index contributed by atoms with van der Waals surface area (Å²) < 4.78 is 9.41. The van der Waals surface area contributed by atoms with Crippen LogP contribution in [0.3, 0.4) is 0 Å². The topological polar surface area (TPSA) is 48.5 Å². The summed E-state index contributed by atoms with van der Waals surface area (Å²) in [5, 5.41) is 0.677. The molecular formula is C18H18ClN3O2. The molecule has 1 fully saturated rings. The third kappa shape index (κ3) is 2.74. The van der Waals surface area contributed by atoms with Gasteiger partial charge in [-0.15, -0.1) is 0 Å². The fourth-order valence-electron chi connectivity index (χ4n) is 3.18. The Morgan fingerprint density at radius 2 is 2.12 bits per heavy atom. The van der Waals surface area contributed by atoms with Crippen molar-refractivity contribution in [2.75, 3.05) is 6.61 Å². The molecule has 0 saturated carbocycles. The number of rotatable bonds is 3. The maximum absolute atomic E-state index is 12.3. The summed E-state index contributed by atoms with van der Waals surface area (Å²) in [6.45, 7) is 3.46. The summed E-state index contributed by atoms with van der Waals surface area (Å²) in [6.07, 6.45) is 4.10. The van der Waals surface area contributed by atoms with Gasteiger partial charge in [-0.2, -0.15) is 0 Å². The van der Waals surface area contributed by atoms with Crippen molar-refractivity contribution in [1.82, 2.24) is 14.0 Å². The minimum atomic E-state index is -0.0706. The normalized spacial score (nSPS) is 17.7. The first-order valence-electron chi connectivity index (χ1n) is 8.09. The number of hydrogen-bond acceptors (Lipinski definition) is 3. The molecule has 0 aliphatic carbocycles. The lowest BCUT2D eigenvalue weighted by atomic mass is 10.2. The van der Waals surface area contributed by atoms with Gasteiger partial charge in [-0.3, -0.25) is 9.20 Å². The minimum absolute atomic E-state index is 0.0706. The maximum atomic E-state index is 12.3. The molecular weight excluding hydrogens is 326 g/mol. The molecule has 1 saturated heterocycles. The zero-order valence-electron chi connectivity index (χ0n) is 13.4. The number of aromatic nitrogens is 3. The van der Waals surface area contributed by atoms with E-state index < -0.39 is 0 Å². The molecule has 1 unspecified atom stereocenters. The first kappa shape index (κ1) is 15.4. The van der Waals surface area contributed by atoms with Gasteiger partial charge in [-0.25, -0.2) is 4.98 Å². The molecule has 4 rings (SSSR count). The Labute approximate surface area is 144 Å². The smallest absolute Gasteiger partial charge is 0.259 e. The lowest BCUT2D eigenvalue weighted by molar-refractivity contribution is 0.0970. The van der Waals surface area contributed by atoms with Crippen LogP contribution in [0.1, 0.15) is 18.5 Å². The van der Waals surface area contributed by atoms with E-state index in [0.29, 0.717) is 17.3 Å². The number of imidazole rings is 1. The van der Waals surface area contributed by atoms with Crippen LogP contribution in [-0.2, 0) is 11.3 Å². The largest absolute Gasteiger partial charge is 0.376 e. The molecule has 3 heterocycles. The Kier molecular flexibility index (Phi) is 3.90. The lowest BCUT2D eigenvalue weighted by Crippen LogP contribution is -2.23. The fraction of sp³-hybridized carbons (Fsp3) is 0.333. The Hall–Kier alpha value is -2.11. The first-order chi connectivity index (χ1) is 11.6. The second-order valence-corrected chi connectivity index (χ2v) is 6.61. The van der Waals surface area contributed by atoms with E-state index in [4.69, 9.17) is 21.3 Å². The number of hydrogen-bond donors (Lipinski definition) is 0. The third-order valence-electron chi connectivity index (χ3n) is 4.47. The Morgan fingerprint density at radius 1 is 1.33 bits per heavy atom. The van der Waals surface area contributed by atoms with Gasteiger partial charge in [0.1, 0.15) is 0 Å². The van der Waals surface area contributed by atoms with Crippen molar-refractivity contribution < 1.29 is 4.74 Å². The lowest BCUT2D eigenvalue weighted by Gasteiger charge is -2.16. The second kappa shape index (κ2) is 6.07. The molecule has 1 aliphatic heterocycles. The molecule has 5 nitrogen and oxygen atoms in total. The van der Waals surface area contributed by atoms with Crippen LogP contribution in [-0.4, -0.2) is 26.7 Å². The van der Waals surface area contributed by atoms with E-state index in [9.17, 15) is 4.79 Å². The van der Waals surface area contributed by atoms with Gasteiger partial charge in [0.15, 0.2) is 0 Å². The van der Waals surface area contributed by atoms with Crippen LogP contribution in [0.5, 0.6) is 0 Å². The van der Waals surface area contributed by atoms with Crippen molar-refractivity contribution in [1.29, 1.82) is 0 Å². The Morgan fingerprint density at radius 3 is 2.83 bits per heavy atom. The predicted molar refractivity (Wildman–Crippen MR) is 93.6 cm³/mol. The van der Waals surface area contributed by atoms with E-state index in [1.165, 1.54) is 0 Å². The van der Waals surface area contributed by atoms with Crippen molar-refractivity contribution in [2.45, 2.75) is 32.4 Å². The number of fused-ring (bicyclic) bond motifs is 1. The van der Waals surface area contributed by atoms with E-state index in [0.717, 1.165) is 36.4 Å². The second-order valence-electron chi connectivity index (χ2n) is 6.17. The van der Waals surface area contributed by atoms with Gasteiger partial charge >= 0.3 is 0 Å². The number of ether oxygens (including phenoxy) is 1. The van der Waals surface area contributed by atoms with Gasteiger partial charge in [0.05, 0.1) is 18.3 Å². The highest BCUT2D eigenvalue weighted by Gasteiger charge is 2.19. The number of nitrogens with zero attached hydrogens (tertiary/aromatic N) is 3. The van der Waals surface area contributed by atoms with Gasteiger partial charge in [0.2, 0.25) is 5.78 Å². The van der Waals surface area contributed by atoms with Crippen molar-refractivity contribution in [3.05, 3.63) is 57.6 Å². The van der Waals surface area contributed by atoms with Crippen LogP contribution in [0.2, 0.25) is 5.02 Å². The Bertz CT molecular complexity index is 937. The van der Waals surface area contributed by atoms with Gasteiger partial charge in [-0.1, -0.05) is 23.7 Å². The average molecular weight is 344 g/mol. The summed E-state index contributed by atoms with van der Waals surface area (Å²) in [4.78, 5) is 17.0. The number of halogens is 1. The van der Waals surface area contributed by atoms with E-state index in [1.54, 1.807) is 16.7 Å². The van der Waals surface area contributed by atoms with Crippen molar-refractivity contribution in [2.24, 2.45) is 0 Å². The molecule has 24 heavy (non-hydrogen) atoms. The summed E-state index contributed by atoms with van der Waals surface area (Å²) in [6, 6.07) is 9.11. The summed E-state index contributed by atoms with van der Waals surface area (Å²) in [7, 11) is 0. The Balaban J connectivity index is 1.83. The van der Waals surface area contributed by atoms with Crippen molar-refractivity contribution in [3.63, 3.8) is 0 Å². The molecule has 1 atom stereocenters. The molecule has 0 bridgehead atoms. The molecule has 0 radical (unpaired) electrons. The molecule has 1 aromatic carbocycles. The standard InChI is InChI=1S/C18H18ClN3O2/c1-12-9-17(23)22-11-16(13-4-6-14(19)7-5-13)20-18(22)21(12)10-15-3-2-8-24-15/h4-7,9,11,15H,2-3,8,10H2,1H3. The molecule has 6 heteroatoms. The van der Waals surface area contributed by atoms with Crippen LogP contribution in [0.25, 0.3) is 17.0 Å². The number of benzene rings is 1. The molecule has 3 aromatic rings. The zero-order valence-corrected chi connectivity index (χ0v) is 14.2. The quantitative estimate of drug-likeness (QED) is 0.733. The van der Waals surface area contributed by atoms with Crippen LogP contribution in [0, 0.1) is 6.92 Å². The molecule has 1 aliphatic rings. The summed E-state index contributed by atoms with van der Waals surface area (Å²) in [5.41, 5.74) is 2.52. The van der Waals surface area contributed by atoms with Crippen LogP contribution in [0.15, 0.2) is 41.3 Å². The van der Waals surface area contributed by atoms with Crippen molar-refractivity contribution in [3.8, 4) is 11.3 Å². The molecule has 0 amide bonds. The average Bonchev–Trinajstić information content (AvgIpc) is 3.22. The number of aryl methyl sites for hydroxylation is 1. The van der Waals surface area contributed by atoms with Crippen LogP contribution in [0.4, 0.5) is 0 Å². The van der Waals surface area contributed by atoms with Crippen LogP contribution < -0.4 is 5.56 Å². The molecule has 124 valence electrons. The monoisotopic (exact) mass is 343 g/mol. The summed E-state index contributed by atoms with van der Waals surface area (Å²) in [5.74, 6) is 0.653. The van der Waals surface area contributed by atoms with E-state index in [1.807, 2.05) is 31.2 Å². The van der Waals surface area contributed by atoms with E-state index >= 15 is 0 Å². The first-order valence-corrected chi connectivity index (χ1v) is 8.47. The zero-order chi connectivity index (χ0) is 16.7. The third-order valence-corrected chi connectivity index (χ3v) is 4.73. The van der Waals surface area contributed by atoms with Crippen molar-refractivity contribution >= 4 is 17.4 Å². The minimum Gasteiger partial charge on any atom is -0.376 e. The molecule has 0 N–H and O–H groups in total. The van der Waals surface area contributed by atoms with Gasteiger partial charge in [-0.05, 0) is 31.9 Å². The predicted octanol–water partition coefficient (Wildman–Crippen LogP) is 3.30. The van der Waals surface area contributed by atoms with Crippen LogP contribution >= 0.6 is 11.6 Å². The van der Waals surface area contributed by atoms with Gasteiger partial charge in [0.25, 0.3) is 5.56 Å². The molecule has 2 aromatic heterocycles. The maximum Gasteiger partial charge on any atom is 0.259 e. The SMILES string of the molecule is Cc1cc(=O)n2cc(-c3ccc(Cl)cc3)nc2n1CC1CCCO1. The van der Waals surface area contributed by atoms with E-state index in [-0.39, 0.29) is 11.7 Å². The molecule has 0 spiro atoms. The van der Waals surface area contributed by atoms with Gasteiger partial charge in [0, 0.05) is 35.2 Å². The van der Waals surface area contributed by atoms with E-state index in [2.05, 4.69) is 4.57 Å². The highest BCUT2D eigenvalue weighted by Crippen LogP contribution is 2.22. The summed E-state index contributed by atoms with van der Waals surface area (Å²) >= 11 is 5.95.